The lowest BCUT2D eigenvalue weighted by Gasteiger charge is -2.33. The third kappa shape index (κ3) is 4.33. The molecule has 1 N–H and O–H groups in total. The van der Waals surface area contributed by atoms with Gasteiger partial charge < -0.3 is 9.84 Å². The van der Waals surface area contributed by atoms with E-state index in [0.717, 1.165) is 38.0 Å². The molecule has 1 heterocycles. The molecule has 0 amide bonds. The topological polar surface area (TPSA) is 49.8 Å². The van der Waals surface area contributed by atoms with Gasteiger partial charge in [0.05, 0.1) is 7.11 Å². The number of methoxy groups -OCH3 is 1. The molecule has 1 aromatic carbocycles. The van der Waals surface area contributed by atoms with E-state index in [-0.39, 0.29) is 5.92 Å². The summed E-state index contributed by atoms with van der Waals surface area (Å²) in [5, 5.41) is 11.2. The van der Waals surface area contributed by atoms with Crippen LogP contribution in [0.25, 0.3) is 0 Å². The van der Waals surface area contributed by atoms with E-state index in [1.165, 1.54) is 7.11 Å². The molecule has 2 rings (SSSR count). The van der Waals surface area contributed by atoms with Crippen molar-refractivity contribution in [3.8, 4) is 0 Å². The predicted octanol–water partition coefficient (Wildman–Crippen LogP) is 2.74. The van der Waals surface area contributed by atoms with E-state index in [9.17, 15) is 9.90 Å². The lowest BCUT2D eigenvalue weighted by atomic mass is 9.91. The maximum absolute atomic E-state index is 11.3. The van der Waals surface area contributed by atoms with Gasteiger partial charge in [-0.25, -0.2) is 4.79 Å². The molecule has 1 aliphatic rings. The molecule has 116 valence electrons. The molecule has 21 heavy (non-hydrogen) atoms. The van der Waals surface area contributed by atoms with Gasteiger partial charge in [-0.3, -0.25) is 4.90 Å². The molecule has 4 nitrogen and oxygen atoms in total. The van der Waals surface area contributed by atoms with Crippen LogP contribution in [0.4, 0.5) is 0 Å². The second-order valence-corrected chi connectivity index (χ2v) is 6.16. The Kier molecular flexibility index (Phi) is 5.88. The molecule has 1 aliphatic heterocycles. The molecule has 0 radical (unpaired) electrons. The van der Waals surface area contributed by atoms with E-state index < -0.39 is 12.1 Å². The maximum Gasteiger partial charge on any atom is 0.334 e. The SMILES string of the molecule is COC(=O)C(O)C1CCN(Cc2ccc(Cl)cc2Cl)CC1. The van der Waals surface area contributed by atoms with Gasteiger partial charge in [0.15, 0.2) is 6.10 Å². The van der Waals surface area contributed by atoms with Gasteiger partial charge in [-0.1, -0.05) is 29.3 Å². The lowest BCUT2D eigenvalue weighted by molar-refractivity contribution is -0.154. The molecule has 6 heteroatoms. The molecule has 1 aromatic rings. The quantitative estimate of drug-likeness (QED) is 0.862. The Morgan fingerprint density at radius 2 is 2.10 bits per heavy atom. The summed E-state index contributed by atoms with van der Waals surface area (Å²) in [6.07, 6.45) is 0.513. The zero-order chi connectivity index (χ0) is 15.4. The van der Waals surface area contributed by atoms with Crippen molar-refractivity contribution in [1.82, 2.24) is 4.90 Å². The van der Waals surface area contributed by atoms with E-state index >= 15 is 0 Å². The molecule has 1 atom stereocenters. The number of piperidine rings is 1. The Balaban J connectivity index is 1.88. The van der Waals surface area contributed by atoms with Crippen LogP contribution in [-0.4, -0.2) is 42.3 Å². The van der Waals surface area contributed by atoms with Crippen molar-refractivity contribution in [1.29, 1.82) is 0 Å². The number of ether oxygens (including phenoxy) is 1. The number of nitrogens with zero attached hydrogens (tertiary/aromatic N) is 1. The first-order chi connectivity index (χ1) is 10.0. The lowest BCUT2D eigenvalue weighted by Crippen LogP contribution is -2.40. The first-order valence-electron chi connectivity index (χ1n) is 6.93. The number of esters is 1. The molecule has 1 fully saturated rings. The number of rotatable bonds is 4. The van der Waals surface area contributed by atoms with Gasteiger partial charge in [-0.05, 0) is 49.5 Å². The Morgan fingerprint density at radius 1 is 1.43 bits per heavy atom. The third-order valence-corrected chi connectivity index (χ3v) is 4.52. The molecule has 0 bridgehead atoms. The van der Waals surface area contributed by atoms with Crippen LogP contribution in [-0.2, 0) is 16.1 Å². The van der Waals surface area contributed by atoms with E-state index in [0.29, 0.717) is 10.0 Å². The standard InChI is InChI=1S/C15H19Cl2NO3/c1-21-15(20)14(19)10-4-6-18(7-5-10)9-11-2-3-12(16)8-13(11)17/h2-3,8,10,14,19H,4-7,9H2,1H3. The summed E-state index contributed by atoms with van der Waals surface area (Å²) in [4.78, 5) is 13.6. The van der Waals surface area contributed by atoms with Gasteiger partial charge >= 0.3 is 5.97 Å². The highest BCUT2D eigenvalue weighted by Gasteiger charge is 2.30. The Bertz CT molecular complexity index is 502. The van der Waals surface area contributed by atoms with E-state index in [4.69, 9.17) is 23.2 Å². The van der Waals surface area contributed by atoms with Crippen molar-refractivity contribution >= 4 is 29.2 Å². The summed E-state index contributed by atoms with van der Waals surface area (Å²) in [5.74, 6) is -0.580. The Labute approximate surface area is 134 Å². The molecule has 0 saturated carbocycles. The maximum atomic E-state index is 11.3. The van der Waals surface area contributed by atoms with Crippen LogP contribution < -0.4 is 0 Å². The fourth-order valence-electron chi connectivity index (χ4n) is 2.63. The average molecular weight is 332 g/mol. The number of halogens is 2. The Hall–Kier alpha value is -0.810. The van der Waals surface area contributed by atoms with Gasteiger partial charge in [0.1, 0.15) is 0 Å². The minimum atomic E-state index is -1.02. The molecule has 0 aliphatic carbocycles. The van der Waals surface area contributed by atoms with Crippen molar-refractivity contribution in [2.24, 2.45) is 5.92 Å². The number of aliphatic hydroxyl groups is 1. The van der Waals surface area contributed by atoms with Crippen LogP contribution in [0.5, 0.6) is 0 Å². The number of hydrogen-bond acceptors (Lipinski definition) is 4. The molecular formula is C15H19Cl2NO3. The highest BCUT2D eigenvalue weighted by atomic mass is 35.5. The van der Waals surface area contributed by atoms with Gasteiger partial charge in [0.2, 0.25) is 0 Å². The predicted molar refractivity (Wildman–Crippen MR) is 82.5 cm³/mol. The molecule has 0 aromatic heterocycles. The fourth-order valence-corrected chi connectivity index (χ4v) is 3.10. The first-order valence-corrected chi connectivity index (χ1v) is 7.69. The number of carbonyl (C=O) groups is 1. The number of likely N-dealkylation sites (tertiary alicyclic amines) is 1. The molecule has 1 unspecified atom stereocenters. The zero-order valence-corrected chi connectivity index (χ0v) is 13.4. The largest absolute Gasteiger partial charge is 0.467 e. The van der Waals surface area contributed by atoms with Gasteiger partial charge in [-0.2, -0.15) is 0 Å². The van der Waals surface area contributed by atoms with Crippen LogP contribution in [0.3, 0.4) is 0 Å². The molecule has 1 saturated heterocycles. The first kappa shape index (κ1) is 16.6. The van der Waals surface area contributed by atoms with Crippen LogP contribution in [0, 0.1) is 5.92 Å². The van der Waals surface area contributed by atoms with Crippen LogP contribution >= 0.6 is 23.2 Å². The summed E-state index contributed by atoms with van der Waals surface area (Å²) in [6.45, 7) is 2.38. The van der Waals surface area contributed by atoms with Crippen molar-refractivity contribution in [2.45, 2.75) is 25.5 Å². The van der Waals surface area contributed by atoms with E-state index in [2.05, 4.69) is 9.64 Å². The summed E-state index contributed by atoms with van der Waals surface area (Å²) < 4.78 is 4.58. The van der Waals surface area contributed by atoms with Crippen molar-refractivity contribution in [3.63, 3.8) is 0 Å². The number of aliphatic hydroxyl groups excluding tert-OH is 1. The number of hydrogen-bond donors (Lipinski definition) is 1. The summed E-state index contributed by atoms with van der Waals surface area (Å²) in [5.41, 5.74) is 1.04. The van der Waals surface area contributed by atoms with E-state index in [1.54, 1.807) is 6.07 Å². The second kappa shape index (κ2) is 7.45. The van der Waals surface area contributed by atoms with Crippen molar-refractivity contribution in [3.05, 3.63) is 33.8 Å². The van der Waals surface area contributed by atoms with Crippen molar-refractivity contribution in [2.75, 3.05) is 20.2 Å². The summed E-state index contributed by atoms with van der Waals surface area (Å²) in [6, 6.07) is 5.50. The zero-order valence-electron chi connectivity index (χ0n) is 11.9. The van der Waals surface area contributed by atoms with E-state index in [1.807, 2.05) is 12.1 Å². The second-order valence-electron chi connectivity index (χ2n) is 5.32. The minimum Gasteiger partial charge on any atom is -0.467 e. The van der Waals surface area contributed by atoms with Crippen molar-refractivity contribution < 1.29 is 14.6 Å². The van der Waals surface area contributed by atoms with Gasteiger partial charge in [0.25, 0.3) is 0 Å². The Morgan fingerprint density at radius 3 is 2.67 bits per heavy atom. The number of carbonyl (C=O) groups excluding carboxylic acids is 1. The van der Waals surface area contributed by atoms with Gasteiger partial charge in [0, 0.05) is 16.6 Å². The summed E-state index contributed by atoms with van der Waals surface area (Å²) in [7, 11) is 1.29. The monoisotopic (exact) mass is 331 g/mol. The minimum absolute atomic E-state index is 0.0330. The highest BCUT2D eigenvalue weighted by molar-refractivity contribution is 6.35. The van der Waals surface area contributed by atoms with Crippen LogP contribution in [0.15, 0.2) is 18.2 Å². The van der Waals surface area contributed by atoms with Gasteiger partial charge in [-0.15, -0.1) is 0 Å². The third-order valence-electron chi connectivity index (χ3n) is 3.93. The molecular weight excluding hydrogens is 313 g/mol. The molecule has 0 spiro atoms. The van der Waals surface area contributed by atoms with Crippen LogP contribution in [0.2, 0.25) is 10.0 Å². The smallest absolute Gasteiger partial charge is 0.334 e. The van der Waals surface area contributed by atoms with Crippen LogP contribution in [0.1, 0.15) is 18.4 Å². The normalized spacial score (nSPS) is 18.5. The fraction of sp³-hybridized carbons (Fsp3) is 0.533. The highest BCUT2D eigenvalue weighted by Crippen LogP contribution is 2.26. The number of benzene rings is 1. The average Bonchev–Trinajstić information content (AvgIpc) is 2.49. The summed E-state index contributed by atoms with van der Waals surface area (Å²) >= 11 is 12.1.